The van der Waals surface area contributed by atoms with Gasteiger partial charge in [0.05, 0.1) is 0 Å². The van der Waals surface area contributed by atoms with Crippen molar-refractivity contribution in [3.63, 3.8) is 0 Å². The van der Waals surface area contributed by atoms with Crippen LogP contribution < -0.4 is 10.1 Å². The van der Waals surface area contributed by atoms with Crippen LogP contribution in [-0.4, -0.2) is 12.0 Å². The molecule has 1 amide bonds. The maximum Gasteiger partial charge on any atom is 0.265 e. The van der Waals surface area contributed by atoms with E-state index in [1.165, 1.54) is 5.56 Å². The van der Waals surface area contributed by atoms with Crippen LogP contribution in [0.4, 0.5) is 5.69 Å². The number of ether oxygens (including phenoxy) is 1. The lowest BCUT2D eigenvalue weighted by Gasteiger charge is -2.21. The molecule has 1 atom stereocenters. The molecule has 25 heavy (non-hydrogen) atoms. The molecule has 0 unspecified atom stereocenters. The van der Waals surface area contributed by atoms with Gasteiger partial charge in [-0.1, -0.05) is 52.0 Å². The largest absolute Gasteiger partial charge is 0.481 e. The highest BCUT2D eigenvalue weighted by Crippen LogP contribution is 2.25. The van der Waals surface area contributed by atoms with Crippen LogP contribution in [-0.2, 0) is 10.2 Å². The minimum Gasteiger partial charge on any atom is -0.481 e. The van der Waals surface area contributed by atoms with Crippen molar-refractivity contribution in [2.45, 2.75) is 59.5 Å². The third-order valence-electron chi connectivity index (χ3n) is 4.31. The van der Waals surface area contributed by atoms with Crippen molar-refractivity contribution in [1.29, 1.82) is 0 Å². The van der Waals surface area contributed by atoms with E-state index in [0.29, 0.717) is 6.42 Å². The Morgan fingerprint density at radius 1 is 1.08 bits per heavy atom. The van der Waals surface area contributed by atoms with Gasteiger partial charge in [0.15, 0.2) is 6.10 Å². The van der Waals surface area contributed by atoms with Crippen LogP contribution in [0.2, 0.25) is 0 Å². The molecule has 2 aromatic carbocycles. The first-order chi connectivity index (χ1) is 11.7. The molecule has 0 fully saturated rings. The number of nitrogens with one attached hydrogen (secondary N) is 1. The Bertz CT molecular complexity index is 727. The summed E-state index contributed by atoms with van der Waals surface area (Å²) < 4.78 is 5.92. The Morgan fingerprint density at radius 3 is 2.28 bits per heavy atom. The summed E-state index contributed by atoms with van der Waals surface area (Å²) in [6, 6.07) is 14.0. The van der Waals surface area contributed by atoms with Gasteiger partial charge >= 0.3 is 0 Å². The van der Waals surface area contributed by atoms with Crippen molar-refractivity contribution in [2.75, 3.05) is 5.32 Å². The predicted molar refractivity (Wildman–Crippen MR) is 104 cm³/mol. The lowest BCUT2D eigenvalue weighted by molar-refractivity contribution is -0.122. The van der Waals surface area contributed by atoms with Crippen LogP contribution in [0.3, 0.4) is 0 Å². The first-order valence-electron chi connectivity index (χ1n) is 8.86. The summed E-state index contributed by atoms with van der Waals surface area (Å²) in [6.07, 6.45) is 0.0953. The molecule has 0 spiro atoms. The molecule has 3 nitrogen and oxygen atoms in total. The average molecular weight is 339 g/mol. The van der Waals surface area contributed by atoms with Gasteiger partial charge in [-0.2, -0.15) is 0 Å². The Kier molecular flexibility index (Phi) is 5.89. The fraction of sp³-hybridized carbons (Fsp3) is 0.409. The summed E-state index contributed by atoms with van der Waals surface area (Å²) in [5.74, 6) is 0.604. The van der Waals surface area contributed by atoms with Gasteiger partial charge in [0.2, 0.25) is 0 Å². The number of hydrogen-bond acceptors (Lipinski definition) is 2. The van der Waals surface area contributed by atoms with Crippen LogP contribution in [0, 0.1) is 13.8 Å². The Morgan fingerprint density at radius 2 is 1.72 bits per heavy atom. The van der Waals surface area contributed by atoms with E-state index in [9.17, 15) is 4.79 Å². The van der Waals surface area contributed by atoms with Crippen molar-refractivity contribution in [2.24, 2.45) is 0 Å². The van der Waals surface area contributed by atoms with Gasteiger partial charge in [0, 0.05) is 5.69 Å². The number of amides is 1. The van der Waals surface area contributed by atoms with E-state index >= 15 is 0 Å². The highest BCUT2D eigenvalue weighted by atomic mass is 16.5. The van der Waals surface area contributed by atoms with E-state index in [1.807, 2.05) is 51.1 Å². The third kappa shape index (κ3) is 5.09. The highest BCUT2D eigenvalue weighted by Gasteiger charge is 2.20. The van der Waals surface area contributed by atoms with E-state index in [2.05, 4.69) is 38.2 Å². The molecule has 3 heteroatoms. The van der Waals surface area contributed by atoms with Gasteiger partial charge in [-0.25, -0.2) is 0 Å². The zero-order valence-corrected chi connectivity index (χ0v) is 16.1. The van der Waals surface area contributed by atoms with Gasteiger partial charge in [0.25, 0.3) is 5.91 Å². The lowest BCUT2D eigenvalue weighted by atomic mass is 9.87. The molecule has 2 rings (SSSR count). The zero-order chi connectivity index (χ0) is 18.6. The normalized spacial score (nSPS) is 12.6. The fourth-order valence-electron chi connectivity index (χ4n) is 2.60. The molecule has 0 bridgehead atoms. The Labute approximate surface area is 151 Å². The zero-order valence-electron chi connectivity index (χ0n) is 16.1. The second-order valence-corrected chi connectivity index (χ2v) is 7.60. The molecular weight excluding hydrogens is 310 g/mol. The summed E-state index contributed by atoms with van der Waals surface area (Å²) >= 11 is 0. The standard InChI is InChI=1S/C22H29NO2/c1-7-20(21(24)23-19-14-15(2)8-9-16(19)3)25-18-12-10-17(11-13-18)22(4,5)6/h8-14,20H,7H2,1-6H3,(H,23,24)/t20-/m0/s1. The molecule has 0 heterocycles. The molecule has 0 saturated carbocycles. The minimum absolute atomic E-state index is 0.1000. The molecule has 0 aromatic heterocycles. The van der Waals surface area contributed by atoms with Gasteiger partial charge in [-0.15, -0.1) is 0 Å². The van der Waals surface area contributed by atoms with Crippen molar-refractivity contribution in [3.8, 4) is 5.75 Å². The summed E-state index contributed by atoms with van der Waals surface area (Å²) in [6.45, 7) is 12.5. The predicted octanol–water partition coefficient (Wildman–Crippen LogP) is 5.40. The number of anilines is 1. The van der Waals surface area contributed by atoms with Gasteiger partial charge in [-0.05, 0) is 60.6 Å². The highest BCUT2D eigenvalue weighted by molar-refractivity contribution is 5.95. The Balaban J connectivity index is 2.08. The van der Waals surface area contributed by atoms with Gasteiger partial charge in [0.1, 0.15) is 5.75 Å². The van der Waals surface area contributed by atoms with Crippen molar-refractivity contribution in [1.82, 2.24) is 0 Å². The smallest absolute Gasteiger partial charge is 0.265 e. The number of benzene rings is 2. The number of carbonyl (C=O) groups excluding carboxylic acids is 1. The van der Waals surface area contributed by atoms with Crippen LogP contribution in [0.1, 0.15) is 50.8 Å². The lowest BCUT2D eigenvalue weighted by Crippen LogP contribution is -2.32. The van der Waals surface area contributed by atoms with Crippen molar-refractivity contribution in [3.05, 3.63) is 59.2 Å². The first kappa shape index (κ1) is 19.0. The number of carbonyl (C=O) groups is 1. The maximum atomic E-state index is 12.6. The molecule has 134 valence electrons. The summed E-state index contributed by atoms with van der Waals surface area (Å²) in [5, 5.41) is 2.99. The van der Waals surface area contributed by atoms with Crippen LogP contribution >= 0.6 is 0 Å². The second kappa shape index (κ2) is 7.73. The van der Waals surface area contributed by atoms with E-state index in [-0.39, 0.29) is 11.3 Å². The molecule has 0 aliphatic heterocycles. The van der Waals surface area contributed by atoms with E-state index in [4.69, 9.17) is 4.74 Å². The number of aryl methyl sites for hydroxylation is 2. The van der Waals surface area contributed by atoms with Crippen molar-refractivity contribution < 1.29 is 9.53 Å². The van der Waals surface area contributed by atoms with E-state index in [0.717, 1.165) is 22.6 Å². The molecule has 0 saturated heterocycles. The molecule has 0 radical (unpaired) electrons. The van der Waals surface area contributed by atoms with Gasteiger partial charge < -0.3 is 10.1 Å². The van der Waals surface area contributed by atoms with Gasteiger partial charge in [-0.3, -0.25) is 4.79 Å². The molecule has 0 aliphatic carbocycles. The van der Waals surface area contributed by atoms with E-state index in [1.54, 1.807) is 0 Å². The third-order valence-corrected chi connectivity index (χ3v) is 4.31. The fourth-order valence-corrected chi connectivity index (χ4v) is 2.60. The van der Waals surface area contributed by atoms with Crippen LogP contribution in [0.5, 0.6) is 5.75 Å². The SMILES string of the molecule is CC[C@H](Oc1ccc(C(C)(C)C)cc1)C(=O)Nc1cc(C)ccc1C. The molecule has 2 aromatic rings. The number of hydrogen-bond donors (Lipinski definition) is 1. The average Bonchev–Trinajstić information content (AvgIpc) is 2.55. The minimum atomic E-state index is -0.514. The topological polar surface area (TPSA) is 38.3 Å². The first-order valence-corrected chi connectivity index (χ1v) is 8.86. The van der Waals surface area contributed by atoms with E-state index < -0.39 is 6.10 Å². The molecule has 1 N–H and O–H groups in total. The molecule has 0 aliphatic rings. The van der Waals surface area contributed by atoms with Crippen molar-refractivity contribution >= 4 is 11.6 Å². The summed E-state index contributed by atoms with van der Waals surface area (Å²) in [7, 11) is 0. The quantitative estimate of drug-likeness (QED) is 0.792. The summed E-state index contributed by atoms with van der Waals surface area (Å²) in [5.41, 5.74) is 4.35. The van der Waals surface area contributed by atoms with Crippen LogP contribution in [0.25, 0.3) is 0 Å². The Hall–Kier alpha value is -2.29. The summed E-state index contributed by atoms with van der Waals surface area (Å²) in [4.78, 5) is 12.6. The maximum absolute atomic E-state index is 12.6. The second-order valence-electron chi connectivity index (χ2n) is 7.60. The number of rotatable bonds is 5. The molecular formula is C22H29NO2. The van der Waals surface area contributed by atoms with Crippen LogP contribution in [0.15, 0.2) is 42.5 Å². The monoisotopic (exact) mass is 339 g/mol.